The summed E-state index contributed by atoms with van der Waals surface area (Å²) < 4.78 is 78.4. The Kier molecular flexibility index (Phi) is 4.63. The van der Waals surface area contributed by atoms with E-state index in [1.165, 1.54) is 0 Å². The van der Waals surface area contributed by atoms with Crippen LogP contribution in [0.3, 0.4) is 0 Å². The predicted octanol–water partition coefficient (Wildman–Crippen LogP) is 2.87. The summed E-state index contributed by atoms with van der Waals surface area (Å²) in [4.78, 5) is 0. The zero-order valence-corrected chi connectivity index (χ0v) is 14.8. The van der Waals surface area contributed by atoms with Crippen molar-refractivity contribution in [1.29, 1.82) is 0 Å². The van der Waals surface area contributed by atoms with E-state index in [1.807, 2.05) is 0 Å². The molecule has 0 bridgehead atoms. The maximum atomic E-state index is 13.6. The van der Waals surface area contributed by atoms with Crippen molar-refractivity contribution in [2.45, 2.75) is 0 Å². The molecule has 0 saturated carbocycles. The molecule has 0 unspecified atom stereocenters. The topological polar surface area (TPSA) is 0 Å². The quantitative estimate of drug-likeness (QED) is 0.438. The van der Waals surface area contributed by atoms with Crippen LogP contribution in [0, 0.1) is 34.9 Å². The van der Waals surface area contributed by atoms with E-state index in [0.29, 0.717) is 24.3 Å². The number of benzene rings is 2. The number of hydrogen-bond acceptors (Lipinski definition) is 0. The molecule has 0 aliphatic carbocycles. The Hall–Kier alpha value is -0.768. The fourth-order valence-corrected chi connectivity index (χ4v) is 11.6. The van der Waals surface area contributed by atoms with E-state index in [2.05, 4.69) is 0 Å². The molecule has 0 N–H and O–H groups in total. The second-order valence-electron chi connectivity index (χ2n) is 3.93. The molecule has 0 aromatic heterocycles. The maximum absolute atomic E-state index is 13.6. The van der Waals surface area contributed by atoms with Gasteiger partial charge >= 0.3 is 122 Å². The first-order chi connectivity index (χ1) is 9.31. The summed E-state index contributed by atoms with van der Waals surface area (Å²) in [6.07, 6.45) is 0. The molecule has 20 heavy (non-hydrogen) atoms. The number of hydrogen-bond donors (Lipinski definition) is 0. The van der Waals surface area contributed by atoms with Crippen LogP contribution in [0.2, 0.25) is 0 Å². The molecular weight excluding hydrogens is 498 g/mol. The molecule has 2 rings (SSSR count). The standard InChI is InChI=1S/2C6H2F3.ClH.Tl/c2*7-4-1-5(8)3-6(9)2-4;;/h2*1-2H;1H;/q;;;+1/p-1. The molecule has 0 radical (unpaired) electrons. The molecule has 0 amide bonds. The van der Waals surface area contributed by atoms with Gasteiger partial charge < -0.3 is 0 Å². The van der Waals surface area contributed by atoms with Crippen LogP contribution in [-0.4, -0.2) is 21.5 Å². The molecule has 0 heterocycles. The first kappa shape index (κ1) is 15.6. The average Bonchev–Trinajstić information content (AvgIpc) is 2.25. The molecule has 0 aliphatic heterocycles. The summed E-state index contributed by atoms with van der Waals surface area (Å²) in [6, 6.07) is 1.53. The molecular formula is C12H4ClF6Tl. The van der Waals surface area contributed by atoms with Gasteiger partial charge in [-0.25, -0.2) is 0 Å². The van der Waals surface area contributed by atoms with E-state index in [-0.39, 0.29) is 0 Å². The van der Waals surface area contributed by atoms with E-state index < -0.39 is 62.6 Å². The molecule has 0 atom stereocenters. The monoisotopic (exact) mass is 502 g/mol. The first-order valence-electron chi connectivity index (χ1n) is 5.24. The fraction of sp³-hybridized carbons (Fsp3) is 0. The van der Waals surface area contributed by atoms with Crippen molar-refractivity contribution in [3.63, 3.8) is 0 Å². The molecule has 0 spiro atoms. The van der Waals surface area contributed by atoms with Gasteiger partial charge in [0.15, 0.2) is 0 Å². The van der Waals surface area contributed by atoms with E-state index in [1.54, 1.807) is 0 Å². The van der Waals surface area contributed by atoms with E-state index in [0.717, 1.165) is 0 Å². The molecule has 2 aromatic carbocycles. The minimum atomic E-state index is -4.42. The summed E-state index contributed by atoms with van der Waals surface area (Å²) in [6.45, 7) is 0. The number of rotatable bonds is 2. The van der Waals surface area contributed by atoms with Crippen LogP contribution in [0.5, 0.6) is 0 Å². The van der Waals surface area contributed by atoms with Crippen LogP contribution >= 0.6 is 8.32 Å². The second-order valence-corrected chi connectivity index (χ2v) is 15.1. The Labute approximate surface area is 121 Å². The number of halogens is 7. The van der Waals surface area contributed by atoms with Gasteiger partial charge in [-0.15, -0.1) is 0 Å². The van der Waals surface area contributed by atoms with E-state index in [4.69, 9.17) is 8.32 Å². The molecule has 0 nitrogen and oxygen atoms in total. The van der Waals surface area contributed by atoms with Gasteiger partial charge in [-0.1, -0.05) is 0 Å². The SMILES string of the molecule is Fc1cc(F)[c]([Tl]([Cl])[c]2c(F)cc(F)cc2F)c(F)c1. The van der Waals surface area contributed by atoms with Crippen molar-refractivity contribution in [1.82, 2.24) is 0 Å². The molecule has 0 saturated heterocycles. The summed E-state index contributed by atoms with van der Waals surface area (Å²) in [5.41, 5.74) is 0. The summed E-state index contributed by atoms with van der Waals surface area (Å²) in [5, 5.41) is 0. The Morgan fingerprint density at radius 1 is 0.600 bits per heavy atom. The predicted molar refractivity (Wildman–Crippen MR) is 63.5 cm³/mol. The van der Waals surface area contributed by atoms with Crippen LogP contribution in [-0.2, 0) is 0 Å². The summed E-state index contributed by atoms with van der Waals surface area (Å²) in [7, 11) is 5.87. The van der Waals surface area contributed by atoms with Gasteiger partial charge in [0.25, 0.3) is 0 Å². The van der Waals surface area contributed by atoms with Crippen LogP contribution in [0.4, 0.5) is 26.3 Å². The minimum absolute atomic E-state index is 0.382. The zero-order valence-electron chi connectivity index (χ0n) is 9.53. The van der Waals surface area contributed by atoms with Gasteiger partial charge in [0.1, 0.15) is 0 Å². The van der Waals surface area contributed by atoms with Crippen LogP contribution in [0.15, 0.2) is 24.3 Å². The summed E-state index contributed by atoms with van der Waals surface area (Å²) >= 11 is -4.42. The third-order valence-electron chi connectivity index (χ3n) is 2.59. The normalized spacial score (nSPS) is 10.8. The second kappa shape index (κ2) is 5.92. The van der Waals surface area contributed by atoms with Gasteiger partial charge in [0, 0.05) is 0 Å². The van der Waals surface area contributed by atoms with Crippen molar-refractivity contribution in [3.05, 3.63) is 59.2 Å². The van der Waals surface area contributed by atoms with Crippen molar-refractivity contribution < 1.29 is 26.3 Å². The van der Waals surface area contributed by atoms with Gasteiger partial charge in [-0.3, -0.25) is 0 Å². The van der Waals surface area contributed by atoms with Crippen molar-refractivity contribution in [3.8, 4) is 0 Å². The first-order valence-corrected chi connectivity index (χ1v) is 15.3. The molecule has 2 aromatic rings. The van der Waals surface area contributed by atoms with E-state index >= 15 is 0 Å². The van der Waals surface area contributed by atoms with Gasteiger partial charge in [-0.2, -0.15) is 0 Å². The Balaban J connectivity index is 2.61. The third-order valence-corrected chi connectivity index (χ3v) is 14.7. The molecule has 104 valence electrons. The molecule has 0 aliphatic rings. The van der Waals surface area contributed by atoms with Crippen LogP contribution in [0.1, 0.15) is 0 Å². The Morgan fingerprint density at radius 3 is 1.10 bits per heavy atom. The van der Waals surface area contributed by atoms with Gasteiger partial charge in [-0.05, 0) is 0 Å². The van der Waals surface area contributed by atoms with E-state index in [9.17, 15) is 26.3 Å². The fourth-order valence-electron chi connectivity index (χ4n) is 1.74. The molecule has 8 heteroatoms. The Morgan fingerprint density at radius 2 is 0.850 bits per heavy atom. The average molecular weight is 502 g/mol. The van der Waals surface area contributed by atoms with Crippen molar-refractivity contribution in [2.75, 3.05) is 0 Å². The molecule has 0 fully saturated rings. The summed E-state index contributed by atoms with van der Waals surface area (Å²) in [5.74, 6) is -7.53. The third kappa shape index (κ3) is 2.95. The van der Waals surface area contributed by atoms with Crippen molar-refractivity contribution in [2.24, 2.45) is 0 Å². The van der Waals surface area contributed by atoms with Crippen LogP contribution in [0.25, 0.3) is 0 Å². The zero-order chi connectivity index (χ0) is 15.0. The van der Waals surface area contributed by atoms with Crippen molar-refractivity contribution >= 4 is 36.0 Å². The Bertz CT molecular complexity index is 571. The van der Waals surface area contributed by atoms with Crippen LogP contribution < -0.4 is 6.25 Å². The van der Waals surface area contributed by atoms with Gasteiger partial charge in [0.2, 0.25) is 0 Å². The van der Waals surface area contributed by atoms with Gasteiger partial charge in [0.05, 0.1) is 0 Å².